The van der Waals surface area contributed by atoms with Gasteiger partial charge in [0.1, 0.15) is 5.75 Å². The van der Waals surface area contributed by atoms with E-state index in [1.54, 1.807) is 18.2 Å². The number of carboxylic acids is 1. The Hall–Kier alpha value is -0.590. The summed E-state index contributed by atoms with van der Waals surface area (Å²) < 4.78 is 23.5. The first-order chi connectivity index (χ1) is 7.30. The molecule has 0 aromatic heterocycles. The first kappa shape index (κ1) is 13.5. The second-order valence-electron chi connectivity index (χ2n) is 3.16. The van der Waals surface area contributed by atoms with Gasteiger partial charge >= 0.3 is 5.97 Å². The minimum absolute atomic E-state index is 0.295. The summed E-state index contributed by atoms with van der Waals surface area (Å²) in [6.07, 6.45) is 0. The molecular weight excluding hydrogens is 320 g/mol. The molecule has 1 rings (SSSR count). The maximum absolute atomic E-state index is 11.4. The van der Waals surface area contributed by atoms with Crippen molar-refractivity contribution in [3.63, 3.8) is 0 Å². The van der Waals surface area contributed by atoms with Crippen LogP contribution in [0.25, 0.3) is 0 Å². The van der Waals surface area contributed by atoms with Crippen LogP contribution >= 0.6 is 27.5 Å². The van der Waals surface area contributed by atoms with E-state index in [-0.39, 0.29) is 5.75 Å². The third-order valence-corrected chi connectivity index (χ3v) is 4.02. The molecule has 0 unspecified atom stereocenters. The van der Waals surface area contributed by atoms with E-state index in [1.165, 1.54) is 0 Å². The summed E-state index contributed by atoms with van der Waals surface area (Å²) in [6.45, 7) is 0. The number of aliphatic carboxylic acids is 1. The zero-order valence-electron chi connectivity index (χ0n) is 7.98. The number of hydrogen-bond donors (Lipinski definition) is 1. The smallest absolute Gasteiger partial charge is 0.318 e. The van der Waals surface area contributed by atoms with Gasteiger partial charge in [-0.25, -0.2) is 8.42 Å². The topological polar surface area (TPSA) is 71.4 Å². The van der Waals surface area contributed by atoms with Crippen LogP contribution in [0.2, 0.25) is 5.02 Å². The van der Waals surface area contributed by atoms with E-state index >= 15 is 0 Å². The molecule has 0 aliphatic heterocycles. The minimum Gasteiger partial charge on any atom is -0.480 e. The summed E-state index contributed by atoms with van der Waals surface area (Å²) in [5, 5.41) is 8.72. The average Bonchev–Trinajstić information content (AvgIpc) is 2.07. The van der Waals surface area contributed by atoms with Crippen molar-refractivity contribution in [1.82, 2.24) is 0 Å². The van der Waals surface area contributed by atoms with E-state index in [0.717, 1.165) is 4.47 Å². The van der Waals surface area contributed by atoms with Crippen LogP contribution in [0.1, 0.15) is 5.56 Å². The van der Waals surface area contributed by atoms with Gasteiger partial charge in [-0.1, -0.05) is 33.6 Å². The number of carbonyl (C=O) groups is 1. The summed E-state index contributed by atoms with van der Waals surface area (Å²) in [5.74, 6) is -2.63. The number of hydrogen-bond acceptors (Lipinski definition) is 3. The number of sulfone groups is 1. The van der Waals surface area contributed by atoms with Crippen LogP contribution in [-0.4, -0.2) is 25.2 Å². The van der Waals surface area contributed by atoms with Crippen LogP contribution in [0.15, 0.2) is 22.7 Å². The molecule has 0 radical (unpaired) electrons. The van der Waals surface area contributed by atoms with Crippen molar-refractivity contribution in [2.75, 3.05) is 5.75 Å². The van der Waals surface area contributed by atoms with E-state index in [2.05, 4.69) is 15.9 Å². The quantitative estimate of drug-likeness (QED) is 0.919. The molecule has 16 heavy (non-hydrogen) atoms. The van der Waals surface area contributed by atoms with Crippen LogP contribution in [0, 0.1) is 0 Å². The second-order valence-corrected chi connectivity index (χ2v) is 6.55. The van der Waals surface area contributed by atoms with Crippen molar-refractivity contribution in [1.29, 1.82) is 0 Å². The number of benzene rings is 1. The molecule has 0 aliphatic rings. The first-order valence-electron chi connectivity index (χ1n) is 4.16. The van der Waals surface area contributed by atoms with Gasteiger partial charge in [0.05, 0.1) is 5.75 Å². The fourth-order valence-corrected chi connectivity index (χ4v) is 3.14. The Morgan fingerprint density at radius 1 is 1.44 bits per heavy atom. The summed E-state index contributed by atoms with van der Waals surface area (Å²) in [6, 6.07) is 4.76. The molecule has 4 nitrogen and oxygen atoms in total. The molecule has 1 N–H and O–H groups in total. The van der Waals surface area contributed by atoms with Crippen molar-refractivity contribution in [3.05, 3.63) is 33.3 Å². The van der Waals surface area contributed by atoms with Gasteiger partial charge in [-0.05, 0) is 17.7 Å². The first-order valence-corrected chi connectivity index (χ1v) is 7.15. The molecule has 0 aliphatic carbocycles. The molecule has 0 saturated heterocycles. The highest BCUT2D eigenvalue weighted by Crippen LogP contribution is 2.23. The standard InChI is InChI=1S/C9H8BrClO4S/c10-7-2-1-6(8(11)3-7)4-16(14,15)5-9(12)13/h1-3H,4-5H2,(H,12,13). The van der Waals surface area contributed by atoms with Gasteiger partial charge in [0.2, 0.25) is 0 Å². The molecule has 0 fully saturated rings. The van der Waals surface area contributed by atoms with Gasteiger partial charge in [0.15, 0.2) is 9.84 Å². The molecule has 7 heteroatoms. The van der Waals surface area contributed by atoms with Gasteiger partial charge in [0.25, 0.3) is 0 Å². The summed E-state index contributed by atoms with van der Waals surface area (Å²) in [5.41, 5.74) is 0.395. The number of rotatable bonds is 4. The molecule has 0 bridgehead atoms. The van der Waals surface area contributed by atoms with Gasteiger partial charge in [-0.15, -0.1) is 0 Å². The highest BCUT2D eigenvalue weighted by atomic mass is 79.9. The maximum Gasteiger partial charge on any atom is 0.318 e. The second kappa shape index (κ2) is 5.16. The predicted molar refractivity (Wildman–Crippen MR) is 64.3 cm³/mol. The van der Waals surface area contributed by atoms with E-state index in [4.69, 9.17) is 16.7 Å². The Morgan fingerprint density at radius 2 is 2.06 bits per heavy atom. The minimum atomic E-state index is -3.67. The Bertz CT molecular complexity index is 512. The fourth-order valence-electron chi connectivity index (χ4n) is 1.11. The van der Waals surface area contributed by atoms with Crippen LogP contribution in [0.5, 0.6) is 0 Å². The lowest BCUT2D eigenvalue weighted by Gasteiger charge is -2.04. The Morgan fingerprint density at radius 3 is 2.56 bits per heavy atom. The van der Waals surface area contributed by atoms with E-state index < -0.39 is 21.6 Å². The molecule has 1 aromatic rings. The number of halogens is 2. The molecular formula is C9H8BrClO4S. The highest BCUT2D eigenvalue weighted by molar-refractivity contribution is 9.10. The van der Waals surface area contributed by atoms with Gasteiger partial charge in [-0.2, -0.15) is 0 Å². The maximum atomic E-state index is 11.4. The van der Waals surface area contributed by atoms with E-state index in [9.17, 15) is 13.2 Å². The molecule has 1 aromatic carbocycles. The lowest BCUT2D eigenvalue weighted by molar-refractivity contribution is -0.134. The SMILES string of the molecule is O=C(O)CS(=O)(=O)Cc1ccc(Br)cc1Cl. The van der Waals surface area contributed by atoms with Crippen LogP contribution < -0.4 is 0 Å². The van der Waals surface area contributed by atoms with E-state index in [1.807, 2.05) is 0 Å². The number of carboxylic acid groups (broad SMARTS) is 1. The predicted octanol–water partition coefficient (Wildman–Crippen LogP) is 2.10. The Kier molecular flexibility index (Phi) is 4.35. The third-order valence-electron chi connectivity index (χ3n) is 1.73. The molecule has 88 valence electrons. The van der Waals surface area contributed by atoms with Crippen molar-refractivity contribution in [3.8, 4) is 0 Å². The summed E-state index contributed by atoms with van der Waals surface area (Å²) >= 11 is 9.02. The molecule has 0 saturated carbocycles. The van der Waals surface area contributed by atoms with E-state index in [0.29, 0.717) is 10.6 Å². The van der Waals surface area contributed by atoms with Crippen molar-refractivity contribution in [2.45, 2.75) is 5.75 Å². The fraction of sp³-hybridized carbons (Fsp3) is 0.222. The highest BCUT2D eigenvalue weighted by Gasteiger charge is 2.18. The van der Waals surface area contributed by atoms with Gasteiger partial charge in [-0.3, -0.25) is 4.79 Å². The molecule has 0 atom stereocenters. The van der Waals surface area contributed by atoms with Gasteiger partial charge < -0.3 is 5.11 Å². The Balaban J connectivity index is 2.92. The largest absolute Gasteiger partial charge is 0.480 e. The van der Waals surface area contributed by atoms with Gasteiger partial charge in [0, 0.05) is 9.50 Å². The Labute approximate surface area is 106 Å². The van der Waals surface area contributed by atoms with Crippen molar-refractivity contribution in [2.24, 2.45) is 0 Å². The van der Waals surface area contributed by atoms with Crippen LogP contribution in [0.4, 0.5) is 0 Å². The van der Waals surface area contributed by atoms with Crippen molar-refractivity contribution >= 4 is 43.3 Å². The third kappa shape index (κ3) is 4.11. The summed E-state index contributed by atoms with van der Waals surface area (Å²) in [7, 11) is -3.67. The summed E-state index contributed by atoms with van der Waals surface area (Å²) in [4.78, 5) is 10.3. The van der Waals surface area contributed by atoms with Crippen molar-refractivity contribution < 1.29 is 18.3 Å². The zero-order valence-corrected chi connectivity index (χ0v) is 11.1. The normalized spacial score (nSPS) is 11.4. The molecule has 0 heterocycles. The molecule has 0 spiro atoms. The monoisotopic (exact) mass is 326 g/mol. The van der Waals surface area contributed by atoms with Crippen LogP contribution in [0.3, 0.4) is 0 Å². The average molecular weight is 328 g/mol. The lowest BCUT2D eigenvalue weighted by Crippen LogP contribution is -2.17. The van der Waals surface area contributed by atoms with Crippen LogP contribution in [-0.2, 0) is 20.4 Å². The molecule has 0 amide bonds. The lowest BCUT2D eigenvalue weighted by atomic mass is 10.2. The zero-order chi connectivity index (χ0) is 12.3.